The number of carbonyl (C=O) groups is 1. The Morgan fingerprint density at radius 3 is 2.05 bits per heavy atom. The molecule has 0 aliphatic carbocycles. The third-order valence-electron chi connectivity index (χ3n) is 3.21. The molecule has 0 aliphatic heterocycles. The van der Waals surface area contributed by atoms with Crippen LogP contribution in [-0.2, 0) is 11.0 Å². The summed E-state index contributed by atoms with van der Waals surface area (Å²) in [5.74, 6) is -0.400. The van der Waals surface area contributed by atoms with Crippen molar-refractivity contribution in [3.63, 3.8) is 0 Å². The summed E-state index contributed by atoms with van der Waals surface area (Å²) in [6.07, 6.45) is -4.00. The maximum absolute atomic E-state index is 12.6. The first kappa shape index (κ1) is 17.7. The number of carbonyl (C=O) groups excluding carboxylic acids is 1. The van der Waals surface area contributed by atoms with Crippen molar-refractivity contribution in [2.24, 2.45) is 0 Å². The summed E-state index contributed by atoms with van der Waals surface area (Å²) >= 11 is 0. The number of benzene rings is 1. The van der Waals surface area contributed by atoms with E-state index in [1.807, 2.05) is 20.8 Å². The number of Topliss-reactive ketones (excluding diaryl/α,β-unsaturated/α-hetero) is 1. The van der Waals surface area contributed by atoms with Crippen LogP contribution < -0.4 is 5.32 Å². The molecular weight excluding hydrogens is 279 g/mol. The van der Waals surface area contributed by atoms with Crippen molar-refractivity contribution in [2.75, 3.05) is 6.54 Å². The second-order valence-corrected chi connectivity index (χ2v) is 6.12. The van der Waals surface area contributed by atoms with Crippen LogP contribution in [0.5, 0.6) is 0 Å². The lowest BCUT2D eigenvalue weighted by Crippen LogP contribution is -2.40. The third kappa shape index (κ3) is 5.50. The molecule has 0 heterocycles. The second-order valence-electron chi connectivity index (χ2n) is 6.12. The van der Waals surface area contributed by atoms with Crippen molar-refractivity contribution < 1.29 is 18.0 Å². The van der Waals surface area contributed by atoms with E-state index in [4.69, 9.17) is 0 Å². The quantitative estimate of drug-likeness (QED) is 0.885. The number of ketones is 1. The minimum Gasteiger partial charge on any atom is -0.311 e. The summed E-state index contributed by atoms with van der Waals surface area (Å²) < 4.78 is 37.7. The fourth-order valence-corrected chi connectivity index (χ4v) is 1.98. The number of hydrogen-bond donors (Lipinski definition) is 1. The van der Waals surface area contributed by atoms with Crippen LogP contribution in [0.2, 0.25) is 0 Å². The molecular formula is C16H22F3NO. The molecule has 0 spiro atoms. The second kappa shape index (κ2) is 6.60. The van der Waals surface area contributed by atoms with Crippen LogP contribution in [0.25, 0.3) is 0 Å². The lowest BCUT2D eigenvalue weighted by Gasteiger charge is -2.25. The van der Waals surface area contributed by atoms with Gasteiger partial charge in [0, 0.05) is 18.5 Å². The van der Waals surface area contributed by atoms with Crippen molar-refractivity contribution >= 4 is 5.78 Å². The smallest absolute Gasteiger partial charge is 0.311 e. The molecule has 1 atom stereocenters. The lowest BCUT2D eigenvalue weighted by atomic mass is 9.91. The SMILES string of the molecule is CCC(=O)[C@H](CNC(C)(C)C)c1ccc(C(F)(F)F)cc1. The van der Waals surface area contributed by atoms with Crippen molar-refractivity contribution in [2.45, 2.75) is 51.7 Å². The lowest BCUT2D eigenvalue weighted by molar-refractivity contribution is -0.137. The van der Waals surface area contributed by atoms with Crippen LogP contribution in [-0.4, -0.2) is 17.9 Å². The third-order valence-corrected chi connectivity index (χ3v) is 3.21. The molecule has 0 amide bonds. The van der Waals surface area contributed by atoms with E-state index in [1.54, 1.807) is 6.92 Å². The van der Waals surface area contributed by atoms with Gasteiger partial charge < -0.3 is 5.32 Å². The molecule has 0 saturated heterocycles. The number of halogens is 3. The van der Waals surface area contributed by atoms with Crippen molar-refractivity contribution in [1.29, 1.82) is 0 Å². The van der Waals surface area contributed by atoms with E-state index >= 15 is 0 Å². The average Bonchev–Trinajstić information content (AvgIpc) is 2.36. The molecule has 0 bridgehead atoms. The fraction of sp³-hybridized carbons (Fsp3) is 0.562. The Bertz CT molecular complexity index is 472. The van der Waals surface area contributed by atoms with Gasteiger partial charge in [0.25, 0.3) is 0 Å². The first-order valence-corrected chi connectivity index (χ1v) is 6.99. The van der Waals surface area contributed by atoms with Crippen LogP contribution in [0.15, 0.2) is 24.3 Å². The summed E-state index contributed by atoms with van der Waals surface area (Å²) in [5.41, 5.74) is -0.234. The predicted octanol–water partition coefficient (Wildman–Crippen LogP) is 4.16. The first-order valence-electron chi connectivity index (χ1n) is 6.99. The van der Waals surface area contributed by atoms with Crippen LogP contribution in [0, 0.1) is 0 Å². The van der Waals surface area contributed by atoms with Gasteiger partial charge in [-0.2, -0.15) is 13.2 Å². The van der Waals surface area contributed by atoms with Gasteiger partial charge in [-0.25, -0.2) is 0 Å². The van der Waals surface area contributed by atoms with E-state index in [0.29, 0.717) is 18.5 Å². The Balaban J connectivity index is 2.96. The standard InChI is InChI=1S/C16H22F3NO/c1-5-14(21)13(10-20-15(2,3)4)11-6-8-12(9-7-11)16(17,18)19/h6-9,13,20H,5,10H2,1-4H3/t13-/m1/s1. The number of hydrogen-bond acceptors (Lipinski definition) is 2. The maximum atomic E-state index is 12.6. The molecule has 5 heteroatoms. The molecule has 2 nitrogen and oxygen atoms in total. The van der Waals surface area contributed by atoms with Gasteiger partial charge in [0.15, 0.2) is 0 Å². The van der Waals surface area contributed by atoms with E-state index in [9.17, 15) is 18.0 Å². The van der Waals surface area contributed by atoms with Crippen molar-refractivity contribution in [1.82, 2.24) is 5.32 Å². The Labute approximate surface area is 123 Å². The molecule has 1 aromatic carbocycles. The first-order chi connectivity index (χ1) is 9.54. The van der Waals surface area contributed by atoms with E-state index in [1.165, 1.54) is 12.1 Å². The Morgan fingerprint density at radius 2 is 1.67 bits per heavy atom. The zero-order valence-electron chi connectivity index (χ0n) is 12.8. The topological polar surface area (TPSA) is 29.1 Å². The van der Waals surface area contributed by atoms with E-state index in [-0.39, 0.29) is 11.3 Å². The highest BCUT2D eigenvalue weighted by Crippen LogP contribution is 2.30. The van der Waals surface area contributed by atoms with Crippen LogP contribution >= 0.6 is 0 Å². The fourth-order valence-electron chi connectivity index (χ4n) is 1.98. The minimum atomic E-state index is -4.35. The zero-order chi connectivity index (χ0) is 16.3. The summed E-state index contributed by atoms with van der Waals surface area (Å²) in [6.45, 7) is 8.12. The zero-order valence-corrected chi connectivity index (χ0v) is 12.8. The summed E-state index contributed by atoms with van der Waals surface area (Å²) in [6, 6.07) is 4.85. The molecule has 1 aromatic rings. The Morgan fingerprint density at radius 1 is 1.14 bits per heavy atom. The van der Waals surface area contributed by atoms with Crippen molar-refractivity contribution in [3.8, 4) is 0 Å². The largest absolute Gasteiger partial charge is 0.416 e. The summed E-state index contributed by atoms with van der Waals surface area (Å²) in [7, 11) is 0. The molecule has 0 aromatic heterocycles. The highest BCUT2D eigenvalue weighted by Gasteiger charge is 2.30. The van der Waals surface area contributed by atoms with Crippen LogP contribution in [0.1, 0.15) is 51.2 Å². The maximum Gasteiger partial charge on any atom is 0.416 e. The molecule has 21 heavy (non-hydrogen) atoms. The average molecular weight is 301 g/mol. The monoisotopic (exact) mass is 301 g/mol. The number of alkyl halides is 3. The van der Waals surface area contributed by atoms with E-state index < -0.39 is 17.7 Å². The van der Waals surface area contributed by atoms with E-state index in [2.05, 4.69) is 5.32 Å². The van der Waals surface area contributed by atoms with Crippen LogP contribution in [0.4, 0.5) is 13.2 Å². The number of nitrogens with one attached hydrogen (secondary N) is 1. The Hall–Kier alpha value is -1.36. The Kier molecular flexibility index (Phi) is 5.56. The molecule has 118 valence electrons. The molecule has 0 radical (unpaired) electrons. The normalized spacial score (nSPS) is 14.0. The van der Waals surface area contributed by atoms with E-state index in [0.717, 1.165) is 12.1 Å². The van der Waals surface area contributed by atoms with Gasteiger partial charge in [-0.1, -0.05) is 19.1 Å². The predicted molar refractivity (Wildman–Crippen MR) is 77.2 cm³/mol. The van der Waals surface area contributed by atoms with Gasteiger partial charge in [0.05, 0.1) is 11.5 Å². The van der Waals surface area contributed by atoms with Crippen molar-refractivity contribution in [3.05, 3.63) is 35.4 Å². The molecule has 1 rings (SSSR count). The summed E-state index contributed by atoms with van der Waals surface area (Å²) in [4.78, 5) is 12.0. The highest BCUT2D eigenvalue weighted by atomic mass is 19.4. The number of rotatable bonds is 5. The van der Waals surface area contributed by atoms with Gasteiger partial charge in [0.1, 0.15) is 5.78 Å². The summed E-state index contributed by atoms with van der Waals surface area (Å²) in [5, 5.41) is 3.24. The van der Waals surface area contributed by atoms with Crippen LogP contribution in [0.3, 0.4) is 0 Å². The molecule has 0 saturated carbocycles. The molecule has 1 N–H and O–H groups in total. The van der Waals surface area contributed by atoms with Gasteiger partial charge in [-0.05, 0) is 38.5 Å². The molecule has 0 aliphatic rings. The van der Waals surface area contributed by atoms with Gasteiger partial charge in [-0.3, -0.25) is 4.79 Å². The minimum absolute atomic E-state index is 0.0199. The molecule has 0 unspecified atom stereocenters. The van der Waals surface area contributed by atoms with Gasteiger partial charge >= 0.3 is 6.18 Å². The van der Waals surface area contributed by atoms with Gasteiger partial charge in [-0.15, -0.1) is 0 Å². The highest BCUT2D eigenvalue weighted by molar-refractivity contribution is 5.85. The van der Waals surface area contributed by atoms with Gasteiger partial charge in [0.2, 0.25) is 0 Å². The molecule has 0 fully saturated rings.